The number of nitrogens with one attached hydrogen (secondary N) is 1. The molecule has 1 saturated heterocycles. The number of phenolic OH excluding ortho intramolecular Hbond substituents is 1. The molecule has 0 bridgehead atoms. The third-order valence-corrected chi connectivity index (χ3v) is 5.37. The van der Waals surface area contributed by atoms with Crippen LogP contribution in [0.5, 0.6) is 5.75 Å². The molecule has 0 spiro atoms. The topological polar surface area (TPSA) is 69.6 Å². The Morgan fingerprint density at radius 1 is 1.11 bits per heavy atom. The number of rotatable bonds is 2. The second kappa shape index (κ2) is 6.91. The second-order valence-electron chi connectivity index (χ2n) is 6.60. The fourth-order valence-corrected chi connectivity index (χ4v) is 3.91. The molecule has 138 valence electrons. The van der Waals surface area contributed by atoms with Gasteiger partial charge < -0.3 is 15.3 Å². The number of nitrogens with zero attached hydrogens (tertiary/aromatic N) is 1. The van der Waals surface area contributed by atoms with Crippen molar-refractivity contribution in [3.8, 4) is 5.75 Å². The number of phenols is 1. The summed E-state index contributed by atoms with van der Waals surface area (Å²) in [4.78, 5) is 26.9. The van der Waals surface area contributed by atoms with Crippen molar-refractivity contribution in [3.05, 3.63) is 57.1 Å². The molecule has 2 N–H and O–H groups in total. The molecule has 27 heavy (non-hydrogen) atoms. The van der Waals surface area contributed by atoms with E-state index in [1.54, 1.807) is 24.3 Å². The van der Waals surface area contributed by atoms with Crippen LogP contribution in [0.1, 0.15) is 34.3 Å². The molecule has 0 aromatic heterocycles. The molecule has 5 nitrogen and oxygen atoms in total. The van der Waals surface area contributed by atoms with E-state index < -0.39 is 0 Å². The number of carbonyl (C=O) groups is 2. The van der Waals surface area contributed by atoms with E-state index in [9.17, 15) is 14.7 Å². The molecule has 2 aromatic rings. The highest BCUT2D eigenvalue weighted by Gasteiger charge is 2.27. The average Bonchev–Trinajstić information content (AvgIpc) is 3.27. The molecule has 7 heteroatoms. The lowest BCUT2D eigenvalue weighted by Crippen LogP contribution is -2.27. The molecule has 0 unspecified atom stereocenters. The Bertz CT molecular complexity index is 972. The third-order valence-electron chi connectivity index (χ3n) is 4.79. The van der Waals surface area contributed by atoms with E-state index in [2.05, 4.69) is 5.32 Å². The molecule has 2 amide bonds. The highest BCUT2D eigenvalue weighted by atomic mass is 35.5. The minimum Gasteiger partial charge on any atom is -0.505 e. The Hall–Kier alpha value is -2.50. The van der Waals surface area contributed by atoms with E-state index in [0.717, 1.165) is 25.9 Å². The van der Waals surface area contributed by atoms with Crippen LogP contribution in [0.2, 0.25) is 10.0 Å². The molecule has 1 fully saturated rings. The van der Waals surface area contributed by atoms with Gasteiger partial charge in [0.15, 0.2) is 5.75 Å². The number of hydrogen-bond acceptors (Lipinski definition) is 3. The summed E-state index contributed by atoms with van der Waals surface area (Å²) < 4.78 is 0. The van der Waals surface area contributed by atoms with Gasteiger partial charge in [0.25, 0.3) is 11.8 Å². The Morgan fingerprint density at radius 3 is 2.44 bits per heavy atom. The SMILES string of the molecule is O=C1Nc2ccc(C(=O)N3CCCC3)cc2/C1=C/c1cc(Cl)c(O)c(Cl)c1. The molecule has 2 aliphatic heterocycles. The van der Waals surface area contributed by atoms with Crippen LogP contribution in [0.3, 0.4) is 0 Å². The molecule has 2 aliphatic rings. The van der Waals surface area contributed by atoms with E-state index in [1.165, 1.54) is 12.1 Å². The first kappa shape index (κ1) is 17.9. The fraction of sp³-hybridized carbons (Fsp3) is 0.200. The molecular weight excluding hydrogens is 387 g/mol. The van der Waals surface area contributed by atoms with Crippen LogP contribution >= 0.6 is 23.2 Å². The van der Waals surface area contributed by atoms with Crippen molar-refractivity contribution in [1.82, 2.24) is 4.90 Å². The maximum Gasteiger partial charge on any atom is 0.256 e. The van der Waals surface area contributed by atoms with Crippen molar-refractivity contribution >= 4 is 52.4 Å². The standard InChI is InChI=1S/C20H16Cl2N2O3/c21-15-8-11(9-16(22)18(15)25)7-14-13-10-12(3-4-17(13)23-19(14)26)20(27)24-5-1-2-6-24/h3-4,7-10,25H,1-2,5-6H2,(H,23,26)/b14-7-. The number of anilines is 1. The highest BCUT2D eigenvalue weighted by Crippen LogP contribution is 2.37. The van der Waals surface area contributed by atoms with E-state index in [0.29, 0.717) is 28.0 Å². The van der Waals surface area contributed by atoms with Crippen LogP contribution in [-0.4, -0.2) is 34.9 Å². The van der Waals surface area contributed by atoms with Gasteiger partial charge in [0.05, 0.1) is 10.0 Å². The monoisotopic (exact) mass is 402 g/mol. The van der Waals surface area contributed by atoms with Gasteiger partial charge >= 0.3 is 0 Å². The Balaban J connectivity index is 1.74. The normalized spacial score (nSPS) is 17.3. The number of hydrogen-bond donors (Lipinski definition) is 2. The number of aromatic hydroxyl groups is 1. The summed E-state index contributed by atoms with van der Waals surface area (Å²) in [5.41, 5.74) is 2.86. The number of likely N-dealkylation sites (tertiary alicyclic amines) is 1. The van der Waals surface area contributed by atoms with Crippen LogP contribution in [-0.2, 0) is 4.79 Å². The van der Waals surface area contributed by atoms with Gasteiger partial charge in [-0.15, -0.1) is 0 Å². The van der Waals surface area contributed by atoms with Crippen molar-refractivity contribution in [2.45, 2.75) is 12.8 Å². The molecule has 2 heterocycles. The van der Waals surface area contributed by atoms with Gasteiger partial charge in [0, 0.05) is 35.5 Å². The van der Waals surface area contributed by atoms with Crippen molar-refractivity contribution in [2.75, 3.05) is 18.4 Å². The predicted molar refractivity (Wildman–Crippen MR) is 106 cm³/mol. The van der Waals surface area contributed by atoms with Crippen LogP contribution in [0.15, 0.2) is 30.3 Å². The van der Waals surface area contributed by atoms with Crippen molar-refractivity contribution in [1.29, 1.82) is 0 Å². The van der Waals surface area contributed by atoms with E-state index in [-0.39, 0.29) is 27.6 Å². The van der Waals surface area contributed by atoms with E-state index in [4.69, 9.17) is 23.2 Å². The lowest BCUT2D eigenvalue weighted by molar-refractivity contribution is -0.110. The summed E-state index contributed by atoms with van der Waals surface area (Å²) in [6.07, 6.45) is 3.68. The summed E-state index contributed by atoms with van der Waals surface area (Å²) in [7, 11) is 0. The van der Waals surface area contributed by atoms with Crippen molar-refractivity contribution < 1.29 is 14.7 Å². The number of fused-ring (bicyclic) bond motifs is 1. The van der Waals surface area contributed by atoms with E-state index in [1.807, 2.05) is 4.90 Å². The van der Waals surface area contributed by atoms with Gasteiger partial charge in [-0.2, -0.15) is 0 Å². The first-order valence-corrected chi connectivity index (χ1v) is 9.34. The predicted octanol–water partition coefficient (Wildman–Crippen LogP) is 4.43. The smallest absolute Gasteiger partial charge is 0.256 e. The summed E-state index contributed by atoms with van der Waals surface area (Å²) in [5, 5.41) is 12.7. The molecule has 2 aromatic carbocycles. The maximum absolute atomic E-state index is 12.7. The van der Waals surface area contributed by atoms with Crippen LogP contribution < -0.4 is 5.32 Å². The molecule has 0 radical (unpaired) electrons. The average molecular weight is 403 g/mol. The van der Waals surface area contributed by atoms with Crippen LogP contribution in [0.4, 0.5) is 5.69 Å². The lowest BCUT2D eigenvalue weighted by atomic mass is 10.0. The number of halogens is 2. The summed E-state index contributed by atoms with van der Waals surface area (Å²) >= 11 is 11.9. The molecule has 0 aliphatic carbocycles. The molecule has 0 atom stereocenters. The zero-order chi connectivity index (χ0) is 19.1. The van der Waals surface area contributed by atoms with Crippen LogP contribution in [0.25, 0.3) is 11.6 Å². The Kier molecular flexibility index (Phi) is 4.58. The second-order valence-corrected chi connectivity index (χ2v) is 7.42. The zero-order valence-corrected chi connectivity index (χ0v) is 15.8. The fourth-order valence-electron chi connectivity index (χ4n) is 3.40. The number of carbonyl (C=O) groups excluding carboxylic acids is 2. The van der Waals surface area contributed by atoms with E-state index >= 15 is 0 Å². The molecule has 0 saturated carbocycles. The van der Waals surface area contributed by atoms with Crippen molar-refractivity contribution in [2.24, 2.45) is 0 Å². The lowest BCUT2D eigenvalue weighted by Gasteiger charge is -2.15. The molecule has 4 rings (SSSR count). The quantitative estimate of drug-likeness (QED) is 0.729. The summed E-state index contributed by atoms with van der Waals surface area (Å²) in [6, 6.07) is 8.27. The van der Waals surface area contributed by atoms with Crippen molar-refractivity contribution in [3.63, 3.8) is 0 Å². The summed E-state index contributed by atoms with van der Waals surface area (Å²) in [6.45, 7) is 1.53. The maximum atomic E-state index is 12.7. The van der Waals surface area contributed by atoms with Gasteiger partial charge in [-0.1, -0.05) is 23.2 Å². The van der Waals surface area contributed by atoms with Gasteiger partial charge in [-0.25, -0.2) is 0 Å². The largest absolute Gasteiger partial charge is 0.505 e. The zero-order valence-electron chi connectivity index (χ0n) is 14.3. The Labute approximate surface area is 166 Å². The minimum absolute atomic E-state index is 0.0234. The van der Waals surface area contributed by atoms with Gasteiger partial charge in [0.1, 0.15) is 0 Å². The van der Waals surface area contributed by atoms with Gasteiger partial charge in [-0.05, 0) is 54.8 Å². The molecular formula is C20H16Cl2N2O3. The van der Waals surface area contributed by atoms with Gasteiger partial charge in [-0.3, -0.25) is 9.59 Å². The first-order chi connectivity index (χ1) is 12.9. The summed E-state index contributed by atoms with van der Waals surface area (Å²) in [5.74, 6) is -0.490. The Morgan fingerprint density at radius 2 is 1.78 bits per heavy atom. The number of benzene rings is 2. The van der Waals surface area contributed by atoms with Gasteiger partial charge in [0.2, 0.25) is 0 Å². The first-order valence-electron chi connectivity index (χ1n) is 8.59. The third kappa shape index (κ3) is 3.29. The highest BCUT2D eigenvalue weighted by molar-refractivity contribution is 6.38. The number of amides is 2. The minimum atomic E-state index is -0.268. The van der Waals surface area contributed by atoms with Crippen LogP contribution in [0, 0.1) is 0 Å².